The summed E-state index contributed by atoms with van der Waals surface area (Å²) in [6.45, 7) is 12.1. The number of aryl methyl sites for hydroxylation is 1. The molecule has 1 aliphatic carbocycles. The molecule has 4 unspecified atom stereocenters. The highest BCUT2D eigenvalue weighted by Gasteiger charge is 2.51. The predicted molar refractivity (Wildman–Crippen MR) is 87.6 cm³/mol. The van der Waals surface area contributed by atoms with Gasteiger partial charge in [0.15, 0.2) is 0 Å². The van der Waals surface area contributed by atoms with E-state index in [0.717, 1.165) is 19.4 Å². The van der Waals surface area contributed by atoms with Crippen LogP contribution in [-0.4, -0.2) is 24.8 Å². The molecule has 0 bridgehead atoms. The number of thiophene rings is 1. The molecular weight excluding hydrogens is 266 g/mol. The molecule has 0 amide bonds. The van der Waals surface area contributed by atoms with E-state index in [1.165, 1.54) is 16.2 Å². The molecule has 3 heteroatoms. The van der Waals surface area contributed by atoms with Crippen LogP contribution in [0.3, 0.4) is 0 Å². The third-order valence-corrected chi connectivity index (χ3v) is 5.92. The van der Waals surface area contributed by atoms with Crippen LogP contribution in [0.1, 0.15) is 50.3 Å². The van der Waals surface area contributed by atoms with Crippen LogP contribution in [0.15, 0.2) is 12.1 Å². The second-order valence-electron chi connectivity index (χ2n) is 6.38. The maximum absolute atomic E-state index is 5.88. The Morgan fingerprint density at radius 3 is 2.75 bits per heavy atom. The first-order chi connectivity index (χ1) is 9.49. The van der Waals surface area contributed by atoms with E-state index in [-0.39, 0.29) is 0 Å². The van der Waals surface area contributed by atoms with Crippen molar-refractivity contribution in [1.82, 2.24) is 5.32 Å². The molecule has 2 rings (SSSR count). The fourth-order valence-corrected chi connectivity index (χ4v) is 4.33. The van der Waals surface area contributed by atoms with Crippen molar-refractivity contribution in [2.24, 2.45) is 5.41 Å². The summed E-state index contributed by atoms with van der Waals surface area (Å²) in [5, 5.41) is 3.83. The zero-order valence-corrected chi connectivity index (χ0v) is 14.3. The van der Waals surface area contributed by atoms with Gasteiger partial charge in [-0.15, -0.1) is 11.3 Å². The van der Waals surface area contributed by atoms with E-state index in [1.807, 2.05) is 11.3 Å². The Bertz CT molecular complexity index is 430. The molecule has 0 saturated heterocycles. The van der Waals surface area contributed by atoms with Gasteiger partial charge in [-0.05, 0) is 52.2 Å². The fraction of sp³-hybridized carbons (Fsp3) is 0.765. The normalized spacial score (nSPS) is 31.1. The average Bonchev–Trinajstić information content (AvgIpc) is 2.81. The van der Waals surface area contributed by atoms with E-state index in [1.54, 1.807) is 0 Å². The van der Waals surface area contributed by atoms with Gasteiger partial charge in [-0.2, -0.15) is 0 Å². The molecule has 0 spiro atoms. The van der Waals surface area contributed by atoms with Crippen molar-refractivity contribution >= 4 is 11.3 Å². The van der Waals surface area contributed by atoms with Gasteiger partial charge in [0.25, 0.3) is 0 Å². The summed E-state index contributed by atoms with van der Waals surface area (Å²) in [7, 11) is 0. The number of hydrogen-bond donors (Lipinski definition) is 1. The Kier molecular flexibility index (Phi) is 5.27. The summed E-state index contributed by atoms with van der Waals surface area (Å²) in [6, 6.07) is 5.62. The molecular formula is C17H29NOS. The van der Waals surface area contributed by atoms with Gasteiger partial charge in [-0.3, -0.25) is 0 Å². The lowest BCUT2D eigenvalue weighted by Gasteiger charge is -2.54. The SMILES string of the molecule is CCOC1CC(NC(C)Cc2ccc(C)s2)C1(C)CC. The predicted octanol–water partition coefficient (Wildman–Crippen LogP) is 4.17. The molecule has 0 aliphatic heterocycles. The van der Waals surface area contributed by atoms with Gasteiger partial charge in [0, 0.05) is 33.9 Å². The minimum Gasteiger partial charge on any atom is -0.378 e. The standard InChI is InChI=1S/C17H29NOS/c1-6-17(5)15(11-16(17)19-7-2)18-12(3)10-14-9-8-13(4)20-14/h8-9,12,15-16,18H,6-7,10-11H2,1-5H3. The highest BCUT2D eigenvalue weighted by molar-refractivity contribution is 7.11. The van der Waals surface area contributed by atoms with E-state index in [2.05, 4.69) is 52.1 Å². The van der Waals surface area contributed by atoms with Crippen molar-refractivity contribution in [3.63, 3.8) is 0 Å². The van der Waals surface area contributed by atoms with Crippen molar-refractivity contribution in [3.05, 3.63) is 21.9 Å². The highest BCUT2D eigenvalue weighted by atomic mass is 32.1. The van der Waals surface area contributed by atoms with Crippen molar-refractivity contribution < 1.29 is 4.74 Å². The van der Waals surface area contributed by atoms with E-state index in [4.69, 9.17) is 4.74 Å². The molecule has 1 fully saturated rings. The summed E-state index contributed by atoms with van der Waals surface area (Å²) in [4.78, 5) is 2.90. The second kappa shape index (κ2) is 6.59. The van der Waals surface area contributed by atoms with Crippen molar-refractivity contribution in [2.75, 3.05) is 6.61 Å². The largest absolute Gasteiger partial charge is 0.378 e. The van der Waals surface area contributed by atoms with Gasteiger partial charge < -0.3 is 10.1 Å². The second-order valence-corrected chi connectivity index (χ2v) is 7.75. The minimum atomic E-state index is 0.301. The first kappa shape index (κ1) is 16.0. The number of rotatable bonds is 7. The zero-order chi connectivity index (χ0) is 14.8. The van der Waals surface area contributed by atoms with Crippen LogP contribution in [0.25, 0.3) is 0 Å². The lowest BCUT2D eigenvalue weighted by atomic mass is 9.61. The van der Waals surface area contributed by atoms with Gasteiger partial charge in [-0.1, -0.05) is 13.8 Å². The molecule has 1 N–H and O–H groups in total. The summed E-state index contributed by atoms with van der Waals surface area (Å²) in [5.74, 6) is 0. The minimum absolute atomic E-state index is 0.301. The van der Waals surface area contributed by atoms with Gasteiger partial charge >= 0.3 is 0 Å². The van der Waals surface area contributed by atoms with E-state index in [9.17, 15) is 0 Å². The average molecular weight is 295 g/mol. The first-order valence-electron chi connectivity index (χ1n) is 7.92. The van der Waals surface area contributed by atoms with Gasteiger partial charge in [0.2, 0.25) is 0 Å². The number of hydrogen-bond acceptors (Lipinski definition) is 3. The quantitative estimate of drug-likeness (QED) is 0.815. The Labute approximate surface area is 127 Å². The van der Waals surface area contributed by atoms with Crippen LogP contribution in [0.2, 0.25) is 0 Å². The monoisotopic (exact) mass is 295 g/mol. The maximum Gasteiger partial charge on any atom is 0.0658 e. The molecule has 4 atom stereocenters. The number of nitrogens with one attached hydrogen (secondary N) is 1. The summed E-state index contributed by atoms with van der Waals surface area (Å²) in [5.41, 5.74) is 0.301. The Hall–Kier alpha value is -0.380. The topological polar surface area (TPSA) is 21.3 Å². The molecule has 0 aromatic carbocycles. The van der Waals surface area contributed by atoms with Crippen LogP contribution in [0, 0.1) is 12.3 Å². The summed E-state index contributed by atoms with van der Waals surface area (Å²) < 4.78 is 5.88. The van der Waals surface area contributed by atoms with Gasteiger partial charge in [0.1, 0.15) is 0 Å². The molecule has 1 aromatic heterocycles. The van der Waals surface area contributed by atoms with E-state index < -0.39 is 0 Å². The molecule has 0 radical (unpaired) electrons. The van der Waals surface area contributed by atoms with Gasteiger partial charge in [-0.25, -0.2) is 0 Å². The van der Waals surface area contributed by atoms with Gasteiger partial charge in [0.05, 0.1) is 6.10 Å². The van der Waals surface area contributed by atoms with Crippen molar-refractivity contribution in [2.45, 2.75) is 72.1 Å². The van der Waals surface area contributed by atoms with E-state index >= 15 is 0 Å². The molecule has 1 aromatic rings. The van der Waals surface area contributed by atoms with Crippen LogP contribution < -0.4 is 5.32 Å². The Morgan fingerprint density at radius 1 is 1.45 bits per heavy atom. The first-order valence-corrected chi connectivity index (χ1v) is 8.74. The molecule has 2 nitrogen and oxygen atoms in total. The van der Waals surface area contributed by atoms with Crippen LogP contribution >= 0.6 is 11.3 Å². The molecule has 114 valence electrons. The molecule has 1 saturated carbocycles. The smallest absolute Gasteiger partial charge is 0.0658 e. The lowest BCUT2D eigenvalue weighted by Crippen LogP contribution is -2.63. The Balaban J connectivity index is 1.87. The van der Waals surface area contributed by atoms with Crippen LogP contribution in [-0.2, 0) is 11.2 Å². The van der Waals surface area contributed by atoms with Crippen LogP contribution in [0.4, 0.5) is 0 Å². The fourth-order valence-electron chi connectivity index (χ4n) is 3.31. The van der Waals surface area contributed by atoms with E-state index in [0.29, 0.717) is 23.6 Å². The number of ether oxygens (including phenoxy) is 1. The zero-order valence-electron chi connectivity index (χ0n) is 13.5. The summed E-state index contributed by atoms with van der Waals surface area (Å²) >= 11 is 1.92. The third kappa shape index (κ3) is 3.26. The van der Waals surface area contributed by atoms with Crippen LogP contribution in [0.5, 0.6) is 0 Å². The summed E-state index contributed by atoms with van der Waals surface area (Å²) in [6.07, 6.45) is 3.91. The third-order valence-electron chi connectivity index (χ3n) is 4.90. The lowest BCUT2D eigenvalue weighted by molar-refractivity contribution is -0.127. The Morgan fingerprint density at radius 2 is 2.20 bits per heavy atom. The van der Waals surface area contributed by atoms with Crippen molar-refractivity contribution in [1.29, 1.82) is 0 Å². The molecule has 1 heterocycles. The molecule has 20 heavy (non-hydrogen) atoms. The molecule has 1 aliphatic rings. The maximum atomic E-state index is 5.88. The van der Waals surface area contributed by atoms with Crippen molar-refractivity contribution in [3.8, 4) is 0 Å². The highest BCUT2D eigenvalue weighted by Crippen LogP contribution is 2.46.